The van der Waals surface area contributed by atoms with E-state index in [0.29, 0.717) is 11.6 Å². The minimum atomic E-state index is 0.0324. The molecule has 1 saturated heterocycles. The Hall–Kier alpha value is -3.59. The van der Waals surface area contributed by atoms with Crippen LogP contribution in [0.2, 0.25) is 0 Å². The van der Waals surface area contributed by atoms with Crippen molar-refractivity contribution in [3.05, 3.63) is 42.5 Å². The minimum absolute atomic E-state index is 0.0324. The molecule has 1 saturated carbocycles. The molecule has 0 unspecified atom stereocenters. The van der Waals surface area contributed by atoms with E-state index in [1.54, 1.807) is 12.4 Å². The smallest absolute Gasteiger partial charge is 0.228 e. The second kappa shape index (κ2) is 7.77. The van der Waals surface area contributed by atoms with E-state index >= 15 is 0 Å². The van der Waals surface area contributed by atoms with Gasteiger partial charge in [-0.3, -0.25) is 9.78 Å². The van der Waals surface area contributed by atoms with Crippen molar-refractivity contribution in [1.29, 1.82) is 0 Å². The fourth-order valence-corrected chi connectivity index (χ4v) is 4.31. The monoisotopic (exact) mass is 443 g/mol. The van der Waals surface area contributed by atoms with Crippen molar-refractivity contribution in [3.63, 3.8) is 0 Å². The van der Waals surface area contributed by atoms with Crippen molar-refractivity contribution < 1.29 is 9.53 Å². The van der Waals surface area contributed by atoms with Gasteiger partial charge in [0, 0.05) is 53.4 Å². The highest BCUT2D eigenvalue weighted by atomic mass is 16.5. The third kappa shape index (κ3) is 3.78. The van der Waals surface area contributed by atoms with E-state index < -0.39 is 0 Å². The zero-order valence-corrected chi connectivity index (χ0v) is 18.7. The van der Waals surface area contributed by atoms with Crippen molar-refractivity contribution in [2.24, 2.45) is 5.92 Å². The van der Waals surface area contributed by atoms with Gasteiger partial charge in [-0.15, -0.1) is 5.10 Å². The predicted molar refractivity (Wildman–Crippen MR) is 125 cm³/mol. The number of carbonyl (C=O) groups excluding carboxylic acids is 1. The van der Waals surface area contributed by atoms with Gasteiger partial charge in [0.15, 0.2) is 11.5 Å². The second-order valence-electron chi connectivity index (χ2n) is 8.89. The average Bonchev–Trinajstić information content (AvgIpc) is 3.58. The molecule has 1 atom stereocenters. The Labute approximate surface area is 190 Å². The van der Waals surface area contributed by atoms with Crippen LogP contribution in [-0.2, 0) is 9.53 Å². The van der Waals surface area contributed by atoms with Crippen molar-refractivity contribution in [1.82, 2.24) is 24.6 Å². The highest BCUT2D eigenvalue weighted by molar-refractivity contribution is 5.99. The molecule has 1 aliphatic heterocycles. The van der Waals surface area contributed by atoms with E-state index in [0.717, 1.165) is 65.9 Å². The number of hydrogen-bond donors (Lipinski definition) is 1. The molecular weight excluding hydrogens is 418 g/mol. The number of nitrogens with one attached hydrogen (secondary N) is 1. The molecule has 2 fully saturated rings. The Morgan fingerprint density at radius 3 is 2.88 bits per heavy atom. The molecule has 0 aromatic carbocycles. The van der Waals surface area contributed by atoms with Crippen molar-refractivity contribution in [3.8, 4) is 11.4 Å². The van der Waals surface area contributed by atoms with Crippen LogP contribution in [0.4, 0.5) is 11.5 Å². The summed E-state index contributed by atoms with van der Waals surface area (Å²) in [5.41, 5.74) is 3.54. The van der Waals surface area contributed by atoms with Gasteiger partial charge in [-0.2, -0.15) is 0 Å². The summed E-state index contributed by atoms with van der Waals surface area (Å²) < 4.78 is 7.48. The summed E-state index contributed by atoms with van der Waals surface area (Å²) in [6.07, 6.45) is 7.67. The lowest BCUT2D eigenvalue weighted by Gasteiger charge is -2.32. The van der Waals surface area contributed by atoms with Crippen molar-refractivity contribution in [2.75, 3.05) is 29.9 Å². The molecule has 1 aliphatic carbocycles. The zero-order valence-electron chi connectivity index (χ0n) is 18.7. The van der Waals surface area contributed by atoms with Crippen LogP contribution in [0.25, 0.3) is 27.8 Å². The number of aryl methyl sites for hydroxylation is 1. The summed E-state index contributed by atoms with van der Waals surface area (Å²) in [5, 5.41) is 9.54. The Bertz CT molecular complexity index is 1380. The molecule has 168 valence electrons. The number of rotatable bonds is 4. The van der Waals surface area contributed by atoms with Gasteiger partial charge in [0.2, 0.25) is 5.91 Å². The first-order chi connectivity index (χ1) is 16.0. The first kappa shape index (κ1) is 20.0. The molecule has 0 bridgehead atoms. The number of amides is 1. The summed E-state index contributed by atoms with van der Waals surface area (Å²) in [6, 6.07) is 5.96. The summed E-state index contributed by atoms with van der Waals surface area (Å²) in [6.45, 7) is 6.46. The number of pyridine rings is 3. The van der Waals surface area contributed by atoms with Crippen LogP contribution in [0, 0.1) is 12.8 Å². The number of hydrogen-bond acceptors (Lipinski definition) is 7. The zero-order chi connectivity index (χ0) is 22.5. The lowest BCUT2D eigenvalue weighted by Crippen LogP contribution is -2.41. The maximum Gasteiger partial charge on any atom is 0.228 e. The standard InChI is InChI=1S/C24H25N7O2/c1-14-12-30(7-8-33-14)17-5-6-22-28-23(29-31(22)13-17)20-11-25-15(2)19-10-26-21(9-18(19)20)27-24(32)16-3-4-16/h5-6,9-11,13-14,16H,3-4,7-8,12H2,1-2H3,(H,26,27,32)/t14-/m1/s1. The van der Waals surface area contributed by atoms with E-state index in [2.05, 4.69) is 33.2 Å². The first-order valence-corrected chi connectivity index (χ1v) is 11.3. The van der Waals surface area contributed by atoms with E-state index in [-0.39, 0.29) is 17.9 Å². The van der Waals surface area contributed by atoms with Gasteiger partial charge in [-0.25, -0.2) is 14.5 Å². The fraction of sp³-hybridized carbons (Fsp3) is 0.375. The largest absolute Gasteiger partial charge is 0.375 e. The van der Waals surface area contributed by atoms with E-state index in [1.807, 2.05) is 29.8 Å². The number of aromatic nitrogens is 5. The van der Waals surface area contributed by atoms with Gasteiger partial charge in [0.25, 0.3) is 0 Å². The van der Waals surface area contributed by atoms with Crippen LogP contribution in [0.5, 0.6) is 0 Å². The minimum Gasteiger partial charge on any atom is -0.375 e. The van der Waals surface area contributed by atoms with Crippen LogP contribution in [0.3, 0.4) is 0 Å². The summed E-state index contributed by atoms with van der Waals surface area (Å²) >= 11 is 0. The molecule has 33 heavy (non-hydrogen) atoms. The second-order valence-corrected chi connectivity index (χ2v) is 8.89. The third-order valence-corrected chi connectivity index (χ3v) is 6.33. The van der Waals surface area contributed by atoms with Gasteiger partial charge in [0.05, 0.1) is 24.6 Å². The van der Waals surface area contributed by atoms with E-state index in [4.69, 9.17) is 14.8 Å². The fourth-order valence-electron chi connectivity index (χ4n) is 4.31. The molecule has 4 aromatic rings. The third-order valence-electron chi connectivity index (χ3n) is 6.33. The van der Waals surface area contributed by atoms with Gasteiger partial charge < -0.3 is 15.0 Å². The molecule has 9 heteroatoms. The summed E-state index contributed by atoms with van der Waals surface area (Å²) in [7, 11) is 0. The quantitative estimate of drug-likeness (QED) is 0.517. The predicted octanol–water partition coefficient (Wildman–Crippen LogP) is 3.22. The van der Waals surface area contributed by atoms with Crippen molar-refractivity contribution >= 4 is 33.8 Å². The number of fused-ring (bicyclic) bond motifs is 2. The molecular formula is C24H25N7O2. The van der Waals surface area contributed by atoms with Gasteiger partial charge in [-0.1, -0.05) is 0 Å². The number of anilines is 2. The molecule has 0 spiro atoms. The topological polar surface area (TPSA) is 97.5 Å². The molecule has 0 radical (unpaired) electrons. The van der Waals surface area contributed by atoms with Crippen LogP contribution < -0.4 is 10.2 Å². The van der Waals surface area contributed by atoms with Crippen LogP contribution in [0.15, 0.2) is 36.8 Å². The lowest BCUT2D eigenvalue weighted by molar-refractivity contribution is -0.117. The molecule has 6 rings (SSSR count). The SMILES string of the molecule is Cc1ncc(-c2nc3ccc(N4CCO[C@H](C)C4)cn3n2)c2cc(NC(=O)C3CC3)ncc12. The lowest BCUT2D eigenvalue weighted by atomic mass is 10.1. The van der Waals surface area contributed by atoms with Gasteiger partial charge in [-0.05, 0) is 44.9 Å². The van der Waals surface area contributed by atoms with Crippen LogP contribution in [-0.4, -0.2) is 56.3 Å². The summed E-state index contributed by atoms with van der Waals surface area (Å²) in [4.78, 5) is 28.3. The van der Waals surface area contributed by atoms with Crippen LogP contribution >= 0.6 is 0 Å². The van der Waals surface area contributed by atoms with E-state index in [9.17, 15) is 4.79 Å². The van der Waals surface area contributed by atoms with Gasteiger partial charge in [0.1, 0.15) is 5.82 Å². The Morgan fingerprint density at radius 2 is 2.06 bits per heavy atom. The van der Waals surface area contributed by atoms with Crippen molar-refractivity contribution in [2.45, 2.75) is 32.8 Å². The molecule has 1 amide bonds. The Kier molecular flexibility index (Phi) is 4.72. The number of carbonyl (C=O) groups is 1. The maximum atomic E-state index is 12.2. The van der Waals surface area contributed by atoms with Gasteiger partial charge >= 0.3 is 0 Å². The number of morpholine rings is 1. The highest BCUT2D eigenvalue weighted by Crippen LogP contribution is 2.32. The molecule has 5 heterocycles. The molecule has 4 aromatic heterocycles. The first-order valence-electron chi connectivity index (χ1n) is 11.3. The number of ether oxygens (including phenoxy) is 1. The number of nitrogens with zero attached hydrogens (tertiary/aromatic N) is 6. The molecule has 9 nitrogen and oxygen atoms in total. The maximum absolute atomic E-state index is 12.2. The normalized spacial score (nSPS) is 18.7. The molecule has 1 N–H and O–H groups in total. The summed E-state index contributed by atoms with van der Waals surface area (Å²) in [5.74, 6) is 1.28. The molecule has 2 aliphatic rings. The van der Waals surface area contributed by atoms with Crippen LogP contribution in [0.1, 0.15) is 25.5 Å². The highest BCUT2D eigenvalue weighted by Gasteiger charge is 2.30. The van der Waals surface area contributed by atoms with E-state index in [1.165, 1.54) is 0 Å². The Balaban J connectivity index is 1.39. The average molecular weight is 444 g/mol. The Morgan fingerprint density at radius 1 is 1.18 bits per heavy atom.